The van der Waals surface area contributed by atoms with Crippen molar-refractivity contribution < 1.29 is 28.6 Å². The largest absolute Gasteiger partial charge is 0.462 e. The predicted octanol–water partition coefficient (Wildman–Crippen LogP) is 23.6. The van der Waals surface area contributed by atoms with Crippen molar-refractivity contribution in [3.63, 3.8) is 0 Å². The summed E-state index contributed by atoms with van der Waals surface area (Å²) in [7, 11) is 0. The summed E-state index contributed by atoms with van der Waals surface area (Å²) in [5, 5.41) is 0. The van der Waals surface area contributed by atoms with Crippen molar-refractivity contribution in [2.45, 2.75) is 322 Å². The first kappa shape index (κ1) is 76.8. The highest BCUT2D eigenvalue weighted by atomic mass is 16.6. The number of allylic oxidation sites excluding steroid dienone is 20. The highest BCUT2D eigenvalue weighted by Gasteiger charge is 2.19. The van der Waals surface area contributed by atoms with Crippen LogP contribution in [0.25, 0.3) is 0 Å². The van der Waals surface area contributed by atoms with Crippen molar-refractivity contribution in [2.75, 3.05) is 13.2 Å². The Bertz CT molecular complexity index is 1670. The maximum Gasteiger partial charge on any atom is 0.306 e. The van der Waals surface area contributed by atoms with E-state index < -0.39 is 6.10 Å². The van der Waals surface area contributed by atoms with Crippen LogP contribution in [0.1, 0.15) is 316 Å². The summed E-state index contributed by atoms with van der Waals surface area (Å²) in [5.74, 6) is -0.908. The van der Waals surface area contributed by atoms with Crippen molar-refractivity contribution >= 4 is 17.9 Å². The monoisotopic (exact) mass is 1120 g/mol. The second-order valence-electron chi connectivity index (χ2n) is 22.3. The molecule has 6 heteroatoms. The first-order chi connectivity index (χ1) is 40.0. The molecule has 0 heterocycles. The summed E-state index contributed by atoms with van der Waals surface area (Å²) < 4.78 is 16.9. The molecule has 1 atom stereocenters. The molecule has 0 aromatic rings. The van der Waals surface area contributed by atoms with Crippen LogP contribution in [-0.4, -0.2) is 37.2 Å². The summed E-state index contributed by atoms with van der Waals surface area (Å²) in [6.45, 7) is 6.49. The van der Waals surface area contributed by atoms with Crippen LogP contribution >= 0.6 is 0 Å². The van der Waals surface area contributed by atoms with Gasteiger partial charge in [-0.15, -0.1) is 0 Å². The van der Waals surface area contributed by atoms with Gasteiger partial charge in [0.05, 0.1) is 0 Å². The molecule has 0 fully saturated rings. The molecular weight excluding hydrogens is 997 g/mol. The Morgan fingerprint density at radius 2 is 0.494 bits per heavy atom. The molecule has 0 aromatic carbocycles. The molecule has 0 spiro atoms. The van der Waals surface area contributed by atoms with Crippen LogP contribution in [0.4, 0.5) is 0 Å². The highest BCUT2D eigenvalue weighted by molar-refractivity contribution is 5.71. The SMILES string of the molecule is CC/C=C\C/C=C\C/C=C\C/C=C\C/C=C\C/C=C\C/C=C\C/C=C\CCCCCCCCC(=O)OCC(COC(=O)CCCCCCC/C=C\CCCC)OC(=O)CCCCCCCCCCC/C=C\CCCCCCCCCC. The van der Waals surface area contributed by atoms with Gasteiger partial charge in [-0.05, 0) is 128 Å². The molecule has 0 aliphatic carbocycles. The summed E-state index contributed by atoms with van der Waals surface area (Å²) in [5.41, 5.74) is 0. The van der Waals surface area contributed by atoms with E-state index in [9.17, 15) is 14.4 Å². The van der Waals surface area contributed by atoms with Gasteiger partial charge in [0.15, 0.2) is 6.10 Å². The van der Waals surface area contributed by atoms with E-state index >= 15 is 0 Å². The molecule has 1 unspecified atom stereocenters. The molecule has 0 aliphatic rings. The summed E-state index contributed by atoms with van der Waals surface area (Å²) in [6.07, 6.45) is 95.0. The summed E-state index contributed by atoms with van der Waals surface area (Å²) in [4.78, 5) is 38.3. The van der Waals surface area contributed by atoms with Crippen LogP contribution in [0, 0.1) is 0 Å². The second-order valence-corrected chi connectivity index (χ2v) is 22.3. The van der Waals surface area contributed by atoms with Crippen LogP contribution in [0.3, 0.4) is 0 Å². The minimum absolute atomic E-state index is 0.0885. The normalized spacial score (nSPS) is 12.9. The molecule has 462 valence electrons. The number of ether oxygens (including phenoxy) is 3. The van der Waals surface area contributed by atoms with E-state index in [-0.39, 0.29) is 31.1 Å². The lowest BCUT2D eigenvalue weighted by Gasteiger charge is -2.18. The van der Waals surface area contributed by atoms with Gasteiger partial charge < -0.3 is 14.2 Å². The second kappa shape index (κ2) is 68.3. The standard InChI is InChI=1S/C75H126O6/c1-4-7-10-13-16-19-22-24-26-28-30-32-33-34-35-36-37-38-39-40-41-43-44-46-48-50-53-56-59-62-65-68-74(77)80-71-72(70-79-73(76)67-64-61-58-55-52-21-18-15-12-9-6-3)81-75(78)69-66-63-60-57-54-51-49-47-45-42-31-29-27-25-23-20-17-14-11-8-5-2/h7,10,15-16,18-19,24,26,29-32,34-35,37-38,40-41,44,46,72H,4-6,8-9,11-14,17,20-23,25,27-28,33,36,39,42-43,45,47-71H2,1-3H3/b10-7-,18-15-,19-16-,26-24-,31-29-,32-30-,35-34-,38-37-,41-40-,46-44-. The lowest BCUT2D eigenvalue weighted by Crippen LogP contribution is -2.30. The number of hydrogen-bond acceptors (Lipinski definition) is 6. The van der Waals surface area contributed by atoms with E-state index in [4.69, 9.17) is 14.2 Å². The molecule has 81 heavy (non-hydrogen) atoms. The molecule has 0 bridgehead atoms. The predicted molar refractivity (Wildman–Crippen MR) is 353 cm³/mol. The van der Waals surface area contributed by atoms with E-state index in [1.807, 2.05) is 0 Å². The fourth-order valence-electron chi connectivity index (χ4n) is 9.32. The van der Waals surface area contributed by atoms with E-state index in [0.29, 0.717) is 19.3 Å². The molecule has 0 saturated heterocycles. The van der Waals surface area contributed by atoms with Gasteiger partial charge in [0.25, 0.3) is 0 Å². The lowest BCUT2D eigenvalue weighted by atomic mass is 10.1. The molecule has 0 rings (SSSR count). The van der Waals surface area contributed by atoms with Crippen molar-refractivity contribution in [2.24, 2.45) is 0 Å². The smallest absolute Gasteiger partial charge is 0.306 e. The van der Waals surface area contributed by atoms with Gasteiger partial charge in [-0.3, -0.25) is 14.4 Å². The maximum absolute atomic E-state index is 12.9. The van der Waals surface area contributed by atoms with Crippen LogP contribution in [0.2, 0.25) is 0 Å². The number of hydrogen-bond donors (Lipinski definition) is 0. The Morgan fingerprint density at radius 3 is 0.802 bits per heavy atom. The molecule has 0 N–H and O–H groups in total. The van der Waals surface area contributed by atoms with E-state index in [1.165, 1.54) is 148 Å². The molecule has 0 aliphatic heterocycles. The van der Waals surface area contributed by atoms with Crippen LogP contribution in [0.5, 0.6) is 0 Å². The minimum atomic E-state index is -0.792. The van der Waals surface area contributed by atoms with Crippen molar-refractivity contribution in [1.82, 2.24) is 0 Å². The maximum atomic E-state index is 12.9. The Kier molecular flexibility index (Phi) is 64.8. The Balaban J connectivity index is 4.30. The molecule has 0 aromatic heterocycles. The van der Waals surface area contributed by atoms with Gasteiger partial charge in [0, 0.05) is 19.3 Å². The van der Waals surface area contributed by atoms with E-state index in [2.05, 4.69) is 142 Å². The third-order valence-corrected chi connectivity index (χ3v) is 14.4. The van der Waals surface area contributed by atoms with Crippen LogP contribution < -0.4 is 0 Å². The average Bonchev–Trinajstić information content (AvgIpc) is 3.47. The molecule has 6 nitrogen and oxygen atoms in total. The molecular formula is C75H126O6. The first-order valence-corrected chi connectivity index (χ1v) is 34.0. The Morgan fingerprint density at radius 1 is 0.259 bits per heavy atom. The molecule has 0 radical (unpaired) electrons. The number of esters is 3. The van der Waals surface area contributed by atoms with Gasteiger partial charge in [-0.1, -0.05) is 290 Å². The third kappa shape index (κ3) is 66.5. The number of carbonyl (C=O) groups is 3. The fraction of sp³-hybridized carbons (Fsp3) is 0.693. The number of rotatable bonds is 61. The van der Waals surface area contributed by atoms with Crippen LogP contribution in [-0.2, 0) is 28.6 Å². The Labute approximate surface area is 501 Å². The quantitative estimate of drug-likeness (QED) is 0.0261. The Hall–Kier alpha value is -4.19. The molecule has 0 saturated carbocycles. The van der Waals surface area contributed by atoms with Gasteiger partial charge >= 0.3 is 17.9 Å². The zero-order chi connectivity index (χ0) is 58.5. The molecule has 0 amide bonds. The lowest BCUT2D eigenvalue weighted by molar-refractivity contribution is -0.167. The topological polar surface area (TPSA) is 78.9 Å². The first-order valence-electron chi connectivity index (χ1n) is 34.0. The number of carbonyl (C=O) groups excluding carboxylic acids is 3. The van der Waals surface area contributed by atoms with Crippen molar-refractivity contribution in [1.29, 1.82) is 0 Å². The van der Waals surface area contributed by atoms with Gasteiger partial charge in [0.2, 0.25) is 0 Å². The zero-order valence-corrected chi connectivity index (χ0v) is 53.0. The zero-order valence-electron chi connectivity index (χ0n) is 53.0. The minimum Gasteiger partial charge on any atom is -0.462 e. The van der Waals surface area contributed by atoms with Gasteiger partial charge in [-0.2, -0.15) is 0 Å². The van der Waals surface area contributed by atoms with E-state index in [1.54, 1.807) is 0 Å². The average molecular weight is 1120 g/mol. The third-order valence-electron chi connectivity index (χ3n) is 14.4. The van der Waals surface area contributed by atoms with Gasteiger partial charge in [-0.25, -0.2) is 0 Å². The van der Waals surface area contributed by atoms with Crippen LogP contribution in [0.15, 0.2) is 122 Å². The van der Waals surface area contributed by atoms with E-state index in [0.717, 1.165) is 128 Å². The highest BCUT2D eigenvalue weighted by Crippen LogP contribution is 2.16. The summed E-state index contributed by atoms with van der Waals surface area (Å²) in [6, 6.07) is 0. The van der Waals surface area contributed by atoms with Gasteiger partial charge in [0.1, 0.15) is 13.2 Å². The van der Waals surface area contributed by atoms with Crippen molar-refractivity contribution in [3.8, 4) is 0 Å². The number of unbranched alkanes of at least 4 members (excludes halogenated alkanes) is 30. The summed E-state index contributed by atoms with van der Waals surface area (Å²) >= 11 is 0. The van der Waals surface area contributed by atoms with Crippen molar-refractivity contribution in [3.05, 3.63) is 122 Å². The fourth-order valence-corrected chi connectivity index (χ4v) is 9.32.